The number of nitrogens with zero attached hydrogens (tertiary/aromatic N) is 2. The Labute approximate surface area is 106 Å². The van der Waals surface area contributed by atoms with Crippen LogP contribution in [0.15, 0.2) is 4.42 Å². The minimum atomic E-state index is 0.0455. The van der Waals surface area contributed by atoms with Crippen LogP contribution in [-0.2, 0) is 4.79 Å². The average molecular weight is 253 g/mol. The molecule has 0 radical (unpaired) electrons. The number of hydrogen-bond acceptors (Lipinski definition) is 6. The Bertz CT molecular complexity index is 396. The van der Waals surface area contributed by atoms with Crippen molar-refractivity contribution in [3.8, 4) is 0 Å². The van der Waals surface area contributed by atoms with Crippen molar-refractivity contribution in [2.24, 2.45) is 0 Å². The predicted octanol–water partition coefficient (Wildman–Crippen LogP) is 0.431. The molecule has 2 atom stereocenters. The molecular weight excluding hydrogens is 234 g/mol. The van der Waals surface area contributed by atoms with Gasteiger partial charge in [0.05, 0.1) is 6.04 Å². The van der Waals surface area contributed by atoms with Crippen LogP contribution >= 0.6 is 0 Å². The molecule has 0 bridgehead atoms. The van der Waals surface area contributed by atoms with E-state index in [1.165, 1.54) is 0 Å². The molecule has 2 heterocycles. The van der Waals surface area contributed by atoms with Crippen LogP contribution in [0.3, 0.4) is 0 Å². The quantitative estimate of drug-likeness (QED) is 0.705. The van der Waals surface area contributed by atoms with E-state index in [4.69, 9.17) is 4.42 Å². The molecule has 1 saturated heterocycles. The van der Waals surface area contributed by atoms with E-state index in [1.807, 2.05) is 13.8 Å². The SMILES string of the molecule is CCNC(C)c1nnc(NC2CCC(=O)NC2)o1. The molecule has 0 saturated carbocycles. The van der Waals surface area contributed by atoms with E-state index in [0.717, 1.165) is 13.0 Å². The van der Waals surface area contributed by atoms with Crippen molar-refractivity contribution in [1.82, 2.24) is 20.8 Å². The van der Waals surface area contributed by atoms with Gasteiger partial charge in [0.25, 0.3) is 0 Å². The summed E-state index contributed by atoms with van der Waals surface area (Å²) in [5, 5.41) is 17.1. The lowest BCUT2D eigenvalue weighted by atomic mass is 10.1. The van der Waals surface area contributed by atoms with Crippen molar-refractivity contribution in [2.45, 2.75) is 38.8 Å². The molecule has 100 valence electrons. The zero-order valence-corrected chi connectivity index (χ0v) is 10.7. The summed E-state index contributed by atoms with van der Waals surface area (Å²) >= 11 is 0. The van der Waals surface area contributed by atoms with Gasteiger partial charge in [0.2, 0.25) is 11.8 Å². The Morgan fingerprint density at radius 1 is 1.56 bits per heavy atom. The van der Waals surface area contributed by atoms with Gasteiger partial charge in [0.15, 0.2) is 0 Å². The number of carbonyl (C=O) groups excluding carboxylic acids is 1. The fourth-order valence-electron chi connectivity index (χ4n) is 1.89. The number of rotatable bonds is 5. The molecule has 1 aromatic rings. The summed E-state index contributed by atoms with van der Waals surface area (Å²) in [5.74, 6) is 0.666. The van der Waals surface area contributed by atoms with Gasteiger partial charge < -0.3 is 20.4 Å². The van der Waals surface area contributed by atoms with Gasteiger partial charge in [0, 0.05) is 19.0 Å². The Hall–Kier alpha value is -1.63. The van der Waals surface area contributed by atoms with Gasteiger partial charge in [-0.2, -0.15) is 0 Å². The summed E-state index contributed by atoms with van der Waals surface area (Å²) in [6.07, 6.45) is 1.32. The first-order valence-electron chi connectivity index (χ1n) is 6.29. The summed E-state index contributed by atoms with van der Waals surface area (Å²) in [5.41, 5.74) is 0. The topological polar surface area (TPSA) is 92.1 Å². The van der Waals surface area contributed by atoms with Gasteiger partial charge in [-0.15, -0.1) is 5.10 Å². The van der Waals surface area contributed by atoms with E-state index in [0.29, 0.717) is 24.9 Å². The highest BCUT2D eigenvalue weighted by atomic mass is 16.4. The van der Waals surface area contributed by atoms with Crippen LogP contribution in [0.2, 0.25) is 0 Å². The molecule has 1 aliphatic rings. The first kappa shape index (κ1) is 12.8. The highest BCUT2D eigenvalue weighted by Crippen LogP contribution is 2.15. The number of piperidine rings is 1. The molecule has 0 spiro atoms. The second-order valence-electron chi connectivity index (χ2n) is 4.41. The van der Waals surface area contributed by atoms with Crippen molar-refractivity contribution in [3.05, 3.63) is 5.89 Å². The number of hydrogen-bond donors (Lipinski definition) is 3. The van der Waals surface area contributed by atoms with E-state index in [1.54, 1.807) is 0 Å². The second kappa shape index (κ2) is 5.81. The van der Waals surface area contributed by atoms with Crippen molar-refractivity contribution >= 4 is 11.9 Å². The van der Waals surface area contributed by atoms with E-state index < -0.39 is 0 Å². The maximum atomic E-state index is 11.0. The summed E-state index contributed by atoms with van der Waals surface area (Å²) in [4.78, 5) is 11.0. The fraction of sp³-hybridized carbons (Fsp3) is 0.727. The molecule has 1 aromatic heterocycles. The number of carbonyl (C=O) groups is 1. The maximum Gasteiger partial charge on any atom is 0.315 e. The zero-order chi connectivity index (χ0) is 13.0. The van der Waals surface area contributed by atoms with Crippen molar-refractivity contribution in [2.75, 3.05) is 18.4 Å². The molecule has 1 aliphatic heterocycles. The Kier molecular flexibility index (Phi) is 4.14. The van der Waals surface area contributed by atoms with Crippen LogP contribution in [0.5, 0.6) is 0 Å². The van der Waals surface area contributed by atoms with Crippen LogP contribution < -0.4 is 16.0 Å². The van der Waals surface area contributed by atoms with Crippen LogP contribution in [0.1, 0.15) is 38.6 Å². The van der Waals surface area contributed by atoms with E-state index in [9.17, 15) is 4.79 Å². The Balaban J connectivity index is 1.88. The Morgan fingerprint density at radius 2 is 2.39 bits per heavy atom. The third kappa shape index (κ3) is 3.19. The summed E-state index contributed by atoms with van der Waals surface area (Å²) in [6, 6.07) is 0.616. The molecule has 7 heteroatoms. The molecule has 3 N–H and O–H groups in total. The van der Waals surface area contributed by atoms with Crippen LogP contribution in [0.4, 0.5) is 6.01 Å². The van der Waals surface area contributed by atoms with E-state index >= 15 is 0 Å². The maximum absolute atomic E-state index is 11.0. The Morgan fingerprint density at radius 3 is 3.06 bits per heavy atom. The number of nitrogens with one attached hydrogen (secondary N) is 3. The van der Waals surface area contributed by atoms with Gasteiger partial charge in [-0.1, -0.05) is 12.0 Å². The highest BCUT2D eigenvalue weighted by Gasteiger charge is 2.20. The van der Waals surface area contributed by atoms with Gasteiger partial charge in [0.1, 0.15) is 0 Å². The van der Waals surface area contributed by atoms with Crippen molar-refractivity contribution in [3.63, 3.8) is 0 Å². The average Bonchev–Trinajstić information content (AvgIpc) is 2.81. The van der Waals surface area contributed by atoms with Crippen molar-refractivity contribution in [1.29, 1.82) is 0 Å². The molecule has 2 rings (SSSR count). The van der Waals surface area contributed by atoms with Crippen LogP contribution in [0, 0.1) is 0 Å². The largest absolute Gasteiger partial charge is 0.406 e. The highest BCUT2D eigenvalue weighted by molar-refractivity contribution is 5.76. The normalized spacial score (nSPS) is 21.4. The third-order valence-electron chi connectivity index (χ3n) is 2.91. The first-order chi connectivity index (χ1) is 8.69. The van der Waals surface area contributed by atoms with Crippen LogP contribution in [0.25, 0.3) is 0 Å². The molecule has 7 nitrogen and oxygen atoms in total. The molecule has 1 amide bonds. The van der Waals surface area contributed by atoms with Gasteiger partial charge >= 0.3 is 6.01 Å². The van der Waals surface area contributed by atoms with E-state index in [-0.39, 0.29) is 18.0 Å². The lowest BCUT2D eigenvalue weighted by Gasteiger charge is -2.22. The minimum absolute atomic E-state index is 0.0455. The summed E-state index contributed by atoms with van der Waals surface area (Å²) < 4.78 is 5.52. The van der Waals surface area contributed by atoms with E-state index in [2.05, 4.69) is 26.1 Å². The van der Waals surface area contributed by atoms with Gasteiger partial charge in [-0.3, -0.25) is 4.79 Å². The van der Waals surface area contributed by atoms with Gasteiger partial charge in [-0.05, 0) is 19.9 Å². The van der Waals surface area contributed by atoms with Crippen LogP contribution in [-0.4, -0.2) is 35.2 Å². The fourth-order valence-corrected chi connectivity index (χ4v) is 1.89. The molecule has 1 fully saturated rings. The van der Waals surface area contributed by atoms with Gasteiger partial charge in [-0.25, -0.2) is 0 Å². The number of aromatic nitrogens is 2. The zero-order valence-electron chi connectivity index (χ0n) is 10.7. The number of amides is 1. The summed E-state index contributed by atoms with van der Waals surface area (Å²) in [6.45, 7) is 5.44. The lowest BCUT2D eigenvalue weighted by Crippen LogP contribution is -2.41. The van der Waals surface area contributed by atoms with Crippen molar-refractivity contribution < 1.29 is 9.21 Å². The standard InChI is InChI=1S/C11H19N5O2/c1-3-12-7(2)10-15-16-11(18-10)14-8-4-5-9(17)13-6-8/h7-8,12H,3-6H2,1-2H3,(H,13,17)(H,14,16). The smallest absolute Gasteiger partial charge is 0.315 e. The molecular formula is C11H19N5O2. The molecule has 18 heavy (non-hydrogen) atoms. The minimum Gasteiger partial charge on any atom is -0.406 e. The second-order valence-corrected chi connectivity index (χ2v) is 4.41. The molecule has 0 aromatic carbocycles. The first-order valence-corrected chi connectivity index (χ1v) is 6.29. The molecule has 2 unspecified atom stereocenters. The monoisotopic (exact) mass is 253 g/mol. The summed E-state index contributed by atoms with van der Waals surface area (Å²) in [7, 11) is 0. The number of anilines is 1. The predicted molar refractivity (Wildman–Crippen MR) is 66.0 cm³/mol. The third-order valence-corrected chi connectivity index (χ3v) is 2.91. The lowest BCUT2D eigenvalue weighted by molar-refractivity contribution is -0.122. The molecule has 0 aliphatic carbocycles.